The summed E-state index contributed by atoms with van der Waals surface area (Å²) in [6.45, 7) is 1.87. The maximum absolute atomic E-state index is 11.6. The molecule has 0 saturated heterocycles. The van der Waals surface area contributed by atoms with E-state index in [4.69, 9.17) is 4.84 Å². The van der Waals surface area contributed by atoms with Crippen LogP contribution < -0.4 is 5.32 Å². The fourth-order valence-corrected chi connectivity index (χ4v) is 2.05. The molecule has 0 aliphatic rings. The number of amides is 1. The maximum Gasteiger partial charge on any atom is 0.265 e. The van der Waals surface area contributed by atoms with Crippen molar-refractivity contribution in [1.29, 1.82) is 0 Å². The van der Waals surface area contributed by atoms with E-state index in [1.807, 2.05) is 48.7 Å². The predicted molar refractivity (Wildman–Crippen MR) is 77.7 cm³/mol. The summed E-state index contributed by atoms with van der Waals surface area (Å²) in [5.41, 5.74) is 1.85. The van der Waals surface area contributed by atoms with Crippen LogP contribution in [0.4, 0.5) is 5.69 Å². The first kappa shape index (κ1) is 13.3. The van der Waals surface area contributed by atoms with Crippen molar-refractivity contribution in [3.05, 3.63) is 52.2 Å². The van der Waals surface area contributed by atoms with Gasteiger partial charge in [-0.1, -0.05) is 23.4 Å². The lowest BCUT2D eigenvalue weighted by Crippen LogP contribution is -2.16. The summed E-state index contributed by atoms with van der Waals surface area (Å²) < 4.78 is 0. The Morgan fingerprint density at radius 1 is 1.42 bits per heavy atom. The molecule has 1 heterocycles. The van der Waals surface area contributed by atoms with Crippen molar-refractivity contribution in [1.82, 2.24) is 0 Å². The molecule has 2 aromatic rings. The van der Waals surface area contributed by atoms with Crippen LogP contribution in [-0.2, 0) is 9.63 Å². The van der Waals surface area contributed by atoms with E-state index in [-0.39, 0.29) is 12.5 Å². The van der Waals surface area contributed by atoms with Gasteiger partial charge in [0.05, 0.1) is 6.21 Å². The highest BCUT2D eigenvalue weighted by molar-refractivity contribution is 7.11. The number of anilines is 1. The zero-order chi connectivity index (χ0) is 13.5. The number of carbonyl (C=O) groups excluding carboxylic acids is 1. The summed E-state index contributed by atoms with van der Waals surface area (Å²) in [4.78, 5) is 17.5. The van der Waals surface area contributed by atoms with Crippen molar-refractivity contribution >= 4 is 29.1 Å². The van der Waals surface area contributed by atoms with Crippen molar-refractivity contribution in [2.75, 3.05) is 11.9 Å². The Morgan fingerprint density at radius 3 is 3.05 bits per heavy atom. The lowest BCUT2D eigenvalue weighted by molar-refractivity contribution is -0.120. The molecular weight excluding hydrogens is 260 g/mol. The van der Waals surface area contributed by atoms with Gasteiger partial charge < -0.3 is 10.2 Å². The monoisotopic (exact) mass is 274 g/mol. The second-order valence-electron chi connectivity index (χ2n) is 3.94. The van der Waals surface area contributed by atoms with E-state index < -0.39 is 0 Å². The predicted octanol–water partition coefficient (Wildman–Crippen LogP) is 3.05. The summed E-state index contributed by atoms with van der Waals surface area (Å²) in [5, 5.41) is 8.43. The third-order valence-corrected chi connectivity index (χ3v) is 3.10. The molecule has 0 bridgehead atoms. The molecule has 2 rings (SSSR count). The first-order chi connectivity index (χ1) is 9.24. The van der Waals surface area contributed by atoms with Crippen LogP contribution in [0.15, 0.2) is 46.9 Å². The van der Waals surface area contributed by atoms with Gasteiger partial charge in [0.25, 0.3) is 5.91 Å². The summed E-state index contributed by atoms with van der Waals surface area (Å²) >= 11 is 1.56. The molecule has 1 N–H and O–H groups in total. The summed E-state index contributed by atoms with van der Waals surface area (Å²) in [6, 6.07) is 11.4. The highest BCUT2D eigenvalue weighted by Crippen LogP contribution is 2.09. The van der Waals surface area contributed by atoms with Crippen LogP contribution in [0.1, 0.15) is 10.4 Å². The maximum atomic E-state index is 11.6. The van der Waals surface area contributed by atoms with E-state index in [0.29, 0.717) is 0 Å². The van der Waals surface area contributed by atoms with E-state index in [9.17, 15) is 4.79 Å². The van der Waals surface area contributed by atoms with Crippen molar-refractivity contribution in [2.45, 2.75) is 6.92 Å². The molecule has 5 heteroatoms. The van der Waals surface area contributed by atoms with Gasteiger partial charge in [0.2, 0.25) is 0 Å². The third-order valence-electron chi connectivity index (χ3n) is 2.30. The van der Waals surface area contributed by atoms with Gasteiger partial charge in [0.1, 0.15) is 0 Å². The van der Waals surface area contributed by atoms with Crippen molar-refractivity contribution in [3.63, 3.8) is 0 Å². The van der Waals surface area contributed by atoms with E-state index >= 15 is 0 Å². The topological polar surface area (TPSA) is 50.7 Å². The van der Waals surface area contributed by atoms with Crippen molar-refractivity contribution < 1.29 is 9.63 Å². The average molecular weight is 274 g/mol. The van der Waals surface area contributed by atoms with E-state index in [0.717, 1.165) is 16.1 Å². The largest absolute Gasteiger partial charge is 0.386 e. The number of rotatable bonds is 5. The number of hydrogen-bond donors (Lipinski definition) is 1. The lowest BCUT2D eigenvalue weighted by Gasteiger charge is -2.04. The van der Waals surface area contributed by atoms with Crippen LogP contribution in [0.5, 0.6) is 0 Å². The molecule has 0 fully saturated rings. The number of benzene rings is 1. The van der Waals surface area contributed by atoms with Crippen molar-refractivity contribution in [3.8, 4) is 0 Å². The standard InChI is InChI=1S/C14H14N2O2S/c1-11-4-2-5-12(8-11)16-14(17)10-18-15-9-13-6-3-7-19-13/h2-9H,10H2,1H3,(H,16,17)/b15-9+. The molecule has 4 nitrogen and oxygen atoms in total. The van der Waals surface area contributed by atoms with Gasteiger partial charge in [-0.3, -0.25) is 4.79 Å². The first-order valence-electron chi connectivity index (χ1n) is 5.79. The molecule has 98 valence electrons. The Bertz CT molecular complexity index is 565. The van der Waals surface area contributed by atoms with Gasteiger partial charge in [-0.2, -0.15) is 0 Å². The molecule has 1 aromatic carbocycles. The summed E-state index contributed by atoms with van der Waals surface area (Å²) in [7, 11) is 0. The molecule has 0 saturated carbocycles. The minimum atomic E-state index is -0.228. The number of nitrogens with zero attached hydrogens (tertiary/aromatic N) is 1. The molecule has 0 atom stereocenters. The number of thiophene rings is 1. The smallest absolute Gasteiger partial charge is 0.265 e. The Morgan fingerprint density at radius 2 is 2.32 bits per heavy atom. The van der Waals surface area contributed by atoms with Crippen LogP contribution >= 0.6 is 11.3 Å². The average Bonchev–Trinajstić information content (AvgIpc) is 2.88. The van der Waals surface area contributed by atoms with E-state index in [2.05, 4.69) is 10.5 Å². The number of nitrogens with one attached hydrogen (secondary N) is 1. The van der Waals surface area contributed by atoms with Gasteiger partial charge >= 0.3 is 0 Å². The molecule has 0 radical (unpaired) electrons. The van der Waals surface area contributed by atoms with E-state index in [1.165, 1.54) is 0 Å². The second-order valence-corrected chi connectivity index (χ2v) is 4.92. The Kier molecular flexibility index (Phi) is 4.69. The highest BCUT2D eigenvalue weighted by Gasteiger charge is 2.02. The Labute approximate surface area is 115 Å². The van der Waals surface area contributed by atoms with Gasteiger partial charge in [-0.05, 0) is 36.1 Å². The van der Waals surface area contributed by atoms with Crippen LogP contribution in [0, 0.1) is 6.92 Å². The molecule has 1 amide bonds. The zero-order valence-electron chi connectivity index (χ0n) is 10.5. The molecular formula is C14H14N2O2S. The fraction of sp³-hybridized carbons (Fsp3) is 0.143. The van der Waals surface area contributed by atoms with Crippen LogP contribution in [-0.4, -0.2) is 18.7 Å². The summed E-state index contributed by atoms with van der Waals surface area (Å²) in [5.74, 6) is -0.228. The van der Waals surface area contributed by atoms with Crippen LogP contribution in [0.3, 0.4) is 0 Å². The minimum absolute atomic E-state index is 0.101. The molecule has 1 aromatic heterocycles. The molecule has 0 spiro atoms. The molecule has 0 aliphatic heterocycles. The van der Waals surface area contributed by atoms with Gasteiger partial charge in [-0.25, -0.2) is 0 Å². The number of aryl methyl sites for hydroxylation is 1. The van der Waals surface area contributed by atoms with Gasteiger partial charge in [0, 0.05) is 10.6 Å². The fourth-order valence-electron chi connectivity index (χ4n) is 1.47. The van der Waals surface area contributed by atoms with Crippen molar-refractivity contribution in [2.24, 2.45) is 5.16 Å². The molecule has 0 aliphatic carbocycles. The Hall–Kier alpha value is -2.14. The molecule has 0 unspecified atom stereocenters. The highest BCUT2D eigenvalue weighted by atomic mass is 32.1. The lowest BCUT2D eigenvalue weighted by atomic mass is 10.2. The number of carbonyl (C=O) groups is 1. The quantitative estimate of drug-likeness (QED) is 0.673. The number of hydrogen-bond acceptors (Lipinski definition) is 4. The van der Waals surface area contributed by atoms with Gasteiger partial charge in [-0.15, -0.1) is 11.3 Å². The van der Waals surface area contributed by atoms with Gasteiger partial charge in [0.15, 0.2) is 6.61 Å². The van der Waals surface area contributed by atoms with Crippen LogP contribution in [0.2, 0.25) is 0 Å². The first-order valence-corrected chi connectivity index (χ1v) is 6.67. The Balaban J connectivity index is 1.76. The summed E-state index contributed by atoms with van der Waals surface area (Å²) in [6.07, 6.45) is 1.59. The SMILES string of the molecule is Cc1cccc(NC(=O)CO/N=C/c2cccs2)c1. The second kappa shape index (κ2) is 6.70. The third kappa shape index (κ3) is 4.56. The zero-order valence-corrected chi connectivity index (χ0v) is 11.3. The van der Waals surface area contributed by atoms with Crippen LogP contribution in [0.25, 0.3) is 0 Å². The number of oxime groups is 1. The normalized spacial score (nSPS) is 10.6. The minimum Gasteiger partial charge on any atom is -0.386 e. The molecule has 19 heavy (non-hydrogen) atoms. The van der Waals surface area contributed by atoms with E-state index in [1.54, 1.807) is 17.6 Å².